The van der Waals surface area contributed by atoms with E-state index in [0.29, 0.717) is 6.54 Å². The van der Waals surface area contributed by atoms with Gasteiger partial charge in [-0.1, -0.05) is 6.92 Å². The molecular weight excluding hydrogens is 208 g/mol. The minimum absolute atomic E-state index is 0.0460. The van der Waals surface area contributed by atoms with Crippen LogP contribution in [-0.2, 0) is 4.79 Å². The SMILES string of the molecule is CC1CCN(C(=O)NC2CCC2)C1C(=O)O. The fourth-order valence-corrected chi connectivity index (χ4v) is 2.36. The number of amides is 2. The molecule has 2 rings (SSSR count). The fraction of sp³-hybridized carbons (Fsp3) is 0.818. The van der Waals surface area contributed by atoms with Crippen molar-refractivity contribution in [3.63, 3.8) is 0 Å². The molecule has 0 aromatic rings. The van der Waals surface area contributed by atoms with Crippen molar-refractivity contribution in [3.05, 3.63) is 0 Å². The van der Waals surface area contributed by atoms with Crippen LogP contribution in [0.15, 0.2) is 0 Å². The predicted molar refractivity (Wildman–Crippen MR) is 58.1 cm³/mol. The average molecular weight is 226 g/mol. The lowest BCUT2D eigenvalue weighted by Gasteiger charge is -2.30. The van der Waals surface area contributed by atoms with Gasteiger partial charge in [0.1, 0.15) is 6.04 Å². The summed E-state index contributed by atoms with van der Waals surface area (Å²) in [5, 5.41) is 12.0. The molecule has 2 fully saturated rings. The van der Waals surface area contributed by atoms with Crippen LogP contribution >= 0.6 is 0 Å². The summed E-state index contributed by atoms with van der Waals surface area (Å²) in [7, 11) is 0. The molecule has 1 aliphatic heterocycles. The topological polar surface area (TPSA) is 69.6 Å². The molecule has 2 unspecified atom stereocenters. The summed E-state index contributed by atoms with van der Waals surface area (Å²) in [6, 6.07) is -0.598. The van der Waals surface area contributed by atoms with Gasteiger partial charge in [-0.05, 0) is 31.6 Å². The van der Waals surface area contributed by atoms with Crippen LogP contribution in [0.2, 0.25) is 0 Å². The Morgan fingerprint density at radius 2 is 2.00 bits per heavy atom. The lowest BCUT2D eigenvalue weighted by atomic mass is 9.93. The van der Waals surface area contributed by atoms with Gasteiger partial charge in [-0.3, -0.25) is 0 Å². The Morgan fingerprint density at radius 1 is 1.31 bits per heavy atom. The van der Waals surface area contributed by atoms with Crippen LogP contribution in [0.5, 0.6) is 0 Å². The number of hydrogen-bond acceptors (Lipinski definition) is 2. The van der Waals surface area contributed by atoms with Gasteiger partial charge in [-0.15, -0.1) is 0 Å². The van der Waals surface area contributed by atoms with E-state index in [9.17, 15) is 9.59 Å². The quantitative estimate of drug-likeness (QED) is 0.739. The number of rotatable bonds is 2. The number of likely N-dealkylation sites (tertiary alicyclic amines) is 1. The average Bonchev–Trinajstić information content (AvgIpc) is 2.53. The molecule has 0 aromatic carbocycles. The number of carboxylic acids is 1. The summed E-state index contributed by atoms with van der Waals surface area (Å²) in [6.07, 6.45) is 3.97. The Bertz CT molecular complexity index is 302. The summed E-state index contributed by atoms with van der Waals surface area (Å²) in [5.74, 6) is -0.849. The zero-order valence-electron chi connectivity index (χ0n) is 9.48. The zero-order chi connectivity index (χ0) is 11.7. The van der Waals surface area contributed by atoms with Gasteiger partial charge in [-0.2, -0.15) is 0 Å². The van der Waals surface area contributed by atoms with Crippen molar-refractivity contribution < 1.29 is 14.7 Å². The standard InChI is InChI=1S/C11H18N2O3/c1-7-5-6-13(9(7)10(14)15)11(16)12-8-3-2-4-8/h7-9H,2-6H2,1H3,(H,12,16)(H,14,15). The van der Waals surface area contributed by atoms with E-state index in [-0.39, 0.29) is 18.0 Å². The van der Waals surface area contributed by atoms with Gasteiger partial charge in [0.25, 0.3) is 0 Å². The first kappa shape index (κ1) is 11.2. The lowest BCUT2D eigenvalue weighted by molar-refractivity contribution is -0.142. The Labute approximate surface area is 94.8 Å². The van der Waals surface area contributed by atoms with E-state index in [4.69, 9.17) is 5.11 Å². The molecule has 5 heteroatoms. The summed E-state index contributed by atoms with van der Waals surface area (Å²) in [4.78, 5) is 24.4. The fourth-order valence-electron chi connectivity index (χ4n) is 2.36. The van der Waals surface area contributed by atoms with Crippen molar-refractivity contribution in [3.8, 4) is 0 Å². The normalized spacial score (nSPS) is 29.9. The highest BCUT2D eigenvalue weighted by Gasteiger charge is 2.40. The predicted octanol–water partition coefficient (Wildman–Crippen LogP) is 1.04. The smallest absolute Gasteiger partial charge is 0.326 e. The van der Waals surface area contributed by atoms with E-state index >= 15 is 0 Å². The summed E-state index contributed by atoms with van der Waals surface area (Å²) in [5.41, 5.74) is 0. The molecule has 90 valence electrons. The molecule has 0 aromatic heterocycles. The molecule has 1 saturated carbocycles. The number of hydrogen-bond donors (Lipinski definition) is 2. The highest BCUT2D eigenvalue weighted by molar-refractivity contribution is 5.83. The molecule has 2 amide bonds. The Morgan fingerprint density at radius 3 is 2.50 bits per heavy atom. The third-order valence-electron chi connectivity index (χ3n) is 3.65. The zero-order valence-corrected chi connectivity index (χ0v) is 9.48. The van der Waals surface area contributed by atoms with E-state index in [1.54, 1.807) is 0 Å². The van der Waals surface area contributed by atoms with Crippen LogP contribution in [-0.4, -0.2) is 40.6 Å². The minimum atomic E-state index is -0.895. The second-order valence-corrected chi connectivity index (χ2v) is 4.82. The van der Waals surface area contributed by atoms with Crippen LogP contribution in [0, 0.1) is 5.92 Å². The largest absolute Gasteiger partial charge is 0.480 e. The van der Waals surface area contributed by atoms with Crippen molar-refractivity contribution in [2.75, 3.05) is 6.54 Å². The van der Waals surface area contributed by atoms with Crippen LogP contribution in [0.3, 0.4) is 0 Å². The van der Waals surface area contributed by atoms with Crippen molar-refractivity contribution >= 4 is 12.0 Å². The Kier molecular flexibility index (Phi) is 3.03. The van der Waals surface area contributed by atoms with E-state index in [2.05, 4.69) is 5.32 Å². The number of nitrogens with one attached hydrogen (secondary N) is 1. The summed E-state index contributed by atoms with van der Waals surface area (Å²) >= 11 is 0. The second kappa shape index (κ2) is 4.31. The molecule has 0 spiro atoms. The maximum absolute atomic E-state index is 11.9. The van der Waals surface area contributed by atoms with E-state index in [1.165, 1.54) is 4.90 Å². The number of carboxylic acid groups (broad SMARTS) is 1. The summed E-state index contributed by atoms with van der Waals surface area (Å²) in [6.45, 7) is 2.44. The van der Waals surface area contributed by atoms with Crippen LogP contribution < -0.4 is 5.32 Å². The highest BCUT2D eigenvalue weighted by atomic mass is 16.4. The first-order chi connectivity index (χ1) is 7.59. The van der Waals surface area contributed by atoms with Crippen molar-refractivity contribution in [2.45, 2.75) is 44.7 Å². The number of nitrogens with zero attached hydrogens (tertiary/aromatic N) is 1. The van der Waals surface area contributed by atoms with Crippen molar-refractivity contribution in [1.82, 2.24) is 10.2 Å². The Hall–Kier alpha value is -1.26. The second-order valence-electron chi connectivity index (χ2n) is 4.82. The van der Waals surface area contributed by atoms with Gasteiger partial charge in [0.05, 0.1) is 0 Å². The van der Waals surface area contributed by atoms with Gasteiger partial charge >= 0.3 is 12.0 Å². The molecule has 2 atom stereocenters. The van der Waals surface area contributed by atoms with Gasteiger partial charge < -0.3 is 15.3 Å². The molecule has 2 N–H and O–H groups in total. The molecule has 5 nitrogen and oxygen atoms in total. The van der Waals surface area contributed by atoms with E-state index < -0.39 is 12.0 Å². The monoisotopic (exact) mass is 226 g/mol. The number of carbonyl (C=O) groups is 2. The van der Waals surface area contributed by atoms with Gasteiger partial charge in [0.2, 0.25) is 0 Å². The van der Waals surface area contributed by atoms with Crippen molar-refractivity contribution in [2.24, 2.45) is 5.92 Å². The maximum Gasteiger partial charge on any atom is 0.326 e. The van der Waals surface area contributed by atoms with Gasteiger partial charge in [-0.25, -0.2) is 9.59 Å². The maximum atomic E-state index is 11.9. The molecular formula is C11H18N2O3. The lowest BCUT2D eigenvalue weighted by Crippen LogP contribution is -2.51. The first-order valence-corrected chi connectivity index (χ1v) is 5.89. The molecule has 1 heterocycles. The molecule has 1 aliphatic carbocycles. The summed E-state index contributed by atoms with van der Waals surface area (Å²) < 4.78 is 0. The van der Waals surface area contributed by atoms with Crippen LogP contribution in [0.4, 0.5) is 4.79 Å². The highest BCUT2D eigenvalue weighted by Crippen LogP contribution is 2.25. The van der Waals surface area contributed by atoms with Gasteiger partial charge in [0.15, 0.2) is 0 Å². The minimum Gasteiger partial charge on any atom is -0.480 e. The third kappa shape index (κ3) is 1.99. The number of carbonyl (C=O) groups excluding carboxylic acids is 1. The first-order valence-electron chi connectivity index (χ1n) is 5.89. The Balaban J connectivity index is 1.96. The van der Waals surface area contributed by atoms with Gasteiger partial charge in [0, 0.05) is 12.6 Å². The van der Waals surface area contributed by atoms with E-state index in [0.717, 1.165) is 25.7 Å². The molecule has 1 saturated heterocycles. The third-order valence-corrected chi connectivity index (χ3v) is 3.65. The van der Waals surface area contributed by atoms with Crippen molar-refractivity contribution in [1.29, 1.82) is 0 Å². The van der Waals surface area contributed by atoms with Crippen LogP contribution in [0.1, 0.15) is 32.6 Å². The van der Waals surface area contributed by atoms with E-state index in [1.807, 2.05) is 6.92 Å². The molecule has 16 heavy (non-hydrogen) atoms. The molecule has 2 aliphatic rings. The molecule has 0 bridgehead atoms. The number of urea groups is 1. The molecule has 0 radical (unpaired) electrons. The van der Waals surface area contributed by atoms with Crippen LogP contribution in [0.25, 0.3) is 0 Å². The number of aliphatic carboxylic acids is 1.